The Morgan fingerprint density at radius 2 is 1.76 bits per heavy atom. The summed E-state index contributed by atoms with van der Waals surface area (Å²) in [6.45, 7) is 6.10. The number of rotatable bonds is 3. The Morgan fingerprint density at radius 3 is 2.43 bits per heavy atom. The number of hydrogen-bond acceptors (Lipinski definition) is 5. The normalized spacial score (nSPS) is 11.0. The van der Waals surface area contributed by atoms with Gasteiger partial charge in [0.15, 0.2) is 0 Å². The van der Waals surface area contributed by atoms with Crippen LogP contribution in [0.5, 0.6) is 11.6 Å². The lowest BCUT2D eigenvalue weighted by Gasteiger charge is -2.08. The van der Waals surface area contributed by atoms with Crippen molar-refractivity contribution < 1.29 is 4.74 Å². The van der Waals surface area contributed by atoms with Crippen molar-refractivity contribution in [3.63, 3.8) is 0 Å². The number of benzene rings is 1. The van der Waals surface area contributed by atoms with Gasteiger partial charge in [0.25, 0.3) is 0 Å². The van der Waals surface area contributed by atoms with Crippen molar-refractivity contribution in [3.05, 3.63) is 40.5 Å². The fourth-order valence-electron chi connectivity index (χ4n) is 2.14. The van der Waals surface area contributed by atoms with Crippen LogP contribution < -0.4 is 4.74 Å². The first kappa shape index (κ1) is 14.4. The van der Waals surface area contributed by atoms with Crippen molar-refractivity contribution in [1.82, 2.24) is 9.97 Å². The Balaban J connectivity index is 2.06. The summed E-state index contributed by atoms with van der Waals surface area (Å²) in [7, 11) is 0. The standard InChI is InChI=1S/C16H16N2OS2/c1-9-10(2)21-16-14(9)15(17-11(3)18-16)19-12-5-7-13(20-4)8-6-12/h5-8H,1-4H3. The summed E-state index contributed by atoms with van der Waals surface area (Å²) >= 11 is 3.40. The molecule has 0 spiro atoms. The lowest BCUT2D eigenvalue weighted by molar-refractivity contribution is 0.466. The number of thioether (sulfide) groups is 1. The van der Waals surface area contributed by atoms with Crippen LogP contribution >= 0.6 is 23.1 Å². The summed E-state index contributed by atoms with van der Waals surface area (Å²) in [5.74, 6) is 2.19. The molecule has 21 heavy (non-hydrogen) atoms. The van der Waals surface area contributed by atoms with E-state index in [1.165, 1.54) is 15.3 Å². The molecule has 0 saturated heterocycles. The molecule has 0 fully saturated rings. The van der Waals surface area contributed by atoms with Gasteiger partial charge in [-0.15, -0.1) is 23.1 Å². The maximum atomic E-state index is 6.01. The van der Waals surface area contributed by atoms with Crippen LogP contribution in [0.3, 0.4) is 0 Å². The Kier molecular flexibility index (Phi) is 3.87. The molecule has 0 aliphatic carbocycles. The summed E-state index contributed by atoms with van der Waals surface area (Å²) in [4.78, 5) is 12.5. The Labute approximate surface area is 132 Å². The van der Waals surface area contributed by atoms with Crippen molar-refractivity contribution in [2.45, 2.75) is 25.7 Å². The zero-order valence-electron chi connectivity index (χ0n) is 12.4. The molecule has 0 bridgehead atoms. The third-order valence-corrected chi connectivity index (χ3v) is 5.23. The molecule has 1 aromatic carbocycles. The smallest absolute Gasteiger partial charge is 0.231 e. The summed E-state index contributed by atoms with van der Waals surface area (Å²) in [6, 6.07) is 8.06. The average molecular weight is 316 g/mol. The summed E-state index contributed by atoms with van der Waals surface area (Å²) in [5, 5.41) is 1.03. The van der Waals surface area contributed by atoms with Crippen molar-refractivity contribution in [3.8, 4) is 11.6 Å². The number of hydrogen-bond donors (Lipinski definition) is 0. The molecule has 5 heteroatoms. The van der Waals surface area contributed by atoms with Gasteiger partial charge in [0.1, 0.15) is 16.4 Å². The third-order valence-electron chi connectivity index (χ3n) is 3.38. The topological polar surface area (TPSA) is 35.0 Å². The number of aryl methyl sites for hydroxylation is 3. The van der Waals surface area contributed by atoms with Crippen LogP contribution in [0.4, 0.5) is 0 Å². The van der Waals surface area contributed by atoms with Gasteiger partial charge in [-0.05, 0) is 56.9 Å². The molecule has 0 amide bonds. The fraction of sp³-hybridized carbons (Fsp3) is 0.250. The van der Waals surface area contributed by atoms with Crippen LogP contribution in [0.15, 0.2) is 29.2 Å². The van der Waals surface area contributed by atoms with Gasteiger partial charge in [0, 0.05) is 9.77 Å². The number of nitrogens with zero attached hydrogens (tertiary/aromatic N) is 2. The second-order valence-electron chi connectivity index (χ2n) is 4.82. The minimum atomic E-state index is 0.649. The first-order valence-corrected chi connectivity index (χ1v) is 8.69. The predicted octanol–water partition coefficient (Wildman–Crippen LogP) is 5.13. The molecule has 0 atom stereocenters. The highest BCUT2D eigenvalue weighted by atomic mass is 32.2. The number of thiophene rings is 1. The van der Waals surface area contributed by atoms with E-state index in [0.717, 1.165) is 21.8 Å². The average Bonchev–Trinajstić information content (AvgIpc) is 2.74. The Bertz CT molecular complexity index is 794. The molecule has 3 nitrogen and oxygen atoms in total. The molecule has 0 radical (unpaired) electrons. The van der Waals surface area contributed by atoms with E-state index < -0.39 is 0 Å². The van der Waals surface area contributed by atoms with Gasteiger partial charge >= 0.3 is 0 Å². The molecule has 0 unspecified atom stereocenters. The minimum absolute atomic E-state index is 0.649. The lowest BCUT2D eigenvalue weighted by atomic mass is 10.2. The van der Waals surface area contributed by atoms with Crippen molar-refractivity contribution >= 4 is 33.3 Å². The van der Waals surface area contributed by atoms with Gasteiger partial charge in [-0.2, -0.15) is 4.98 Å². The van der Waals surface area contributed by atoms with Crippen LogP contribution in [0, 0.1) is 20.8 Å². The van der Waals surface area contributed by atoms with Gasteiger partial charge in [0.2, 0.25) is 5.88 Å². The predicted molar refractivity (Wildman–Crippen MR) is 89.9 cm³/mol. The second kappa shape index (κ2) is 5.66. The molecule has 108 valence electrons. The molecule has 3 aromatic rings. The maximum Gasteiger partial charge on any atom is 0.231 e. The first-order valence-electron chi connectivity index (χ1n) is 6.64. The summed E-state index contributed by atoms with van der Waals surface area (Å²) < 4.78 is 6.01. The molecule has 0 N–H and O–H groups in total. The Hall–Kier alpha value is -1.59. The molecular weight excluding hydrogens is 300 g/mol. The molecule has 3 rings (SSSR count). The lowest BCUT2D eigenvalue weighted by Crippen LogP contribution is -1.94. The highest BCUT2D eigenvalue weighted by Gasteiger charge is 2.15. The third kappa shape index (κ3) is 2.76. The molecule has 2 heterocycles. The van der Waals surface area contributed by atoms with E-state index in [4.69, 9.17) is 4.74 Å². The van der Waals surface area contributed by atoms with Crippen LogP contribution in [0.2, 0.25) is 0 Å². The second-order valence-corrected chi connectivity index (χ2v) is 6.90. The minimum Gasteiger partial charge on any atom is -0.438 e. The van der Waals surface area contributed by atoms with Crippen molar-refractivity contribution in [2.24, 2.45) is 0 Å². The van der Waals surface area contributed by atoms with E-state index in [2.05, 4.69) is 42.2 Å². The van der Waals surface area contributed by atoms with Crippen molar-refractivity contribution in [2.75, 3.05) is 6.26 Å². The van der Waals surface area contributed by atoms with E-state index in [9.17, 15) is 0 Å². The molecule has 0 aliphatic rings. The molecule has 0 saturated carbocycles. The molecular formula is C16H16N2OS2. The number of fused-ring (bicyclic) bond motifs is 1. The largest absolute Gasteiger partial charge is 0.438 e. The van der Waals surface area contributed by atoms with Gasteiger partial charge in [0.05, 0.1) is 5.39 Å². The van der Waals surface area contributed by atoms with Crippen LogP contribution in [0.25, 0.3) is 10.2 Å². The quantitative estimate of drug-likeness (QED) is 0.627. The van der Waals surface area contributed by atoms with Gasteiger partial charge in [-0.1, -0.05) is 0 Å². The van der Waals surface area contributed by atoms with Crippen LogP contribution in [-0.4, -0.2) is 16.2 Å². The maximum absolute atomic E-state index is 6.01. The first-order chi connectivity index (χ1) is 10.1. The monoisotopic (exact) mass is 316 g/mol. The van der Waals surface area contributed by atoms with E-state index in [0.29, 0.717) is 5.88 Å². The fourth-order valence-corrected chi connectivity index (χ4v) is 3.62. The van der Waals surface area contributed by atoms with Crippen LogP contribution in [0.1, 0.15) is 16.3 Å². The van der Waals surface area contributed by atoms with Gasteiger partial charge in [-0.3, -0.25) is 0 Å². The molecule has 2 aromatic heterocycles. The van der Waals surface area contributed by atoms with E-state index in [1.54, 1.807) is 23.1 Å². The van der Waals surface area contributed by atoms with Crippen LogP contribution in [-0.2, 0) is 0 Å². The highest BCUT2D eigenvalue weighted by Crippen LogP contribution is 2.36. The van der Waals surface area contributed by atoms with Crippen molar-refractivity contribution in [1.29, 1.82) is 0 Å². The van der Waals surface area contributed by atoms with E-state index in [1.807, 2.05) is 19.1 Å². The number of aromatic nitrogens is 2. The summed E-state index contributed by atoms with van der Waals surface area (Å²) in [6.07, 6.45) is 2.06. The van der Waals surface area contributed by atoms with Gasteiger partial charge < -0.3 is 4.74 Å². The Morgan fingerprint density at radius 1 is 1.05 bits per heavy atom. The van der Waals surface area contributed by atoms with E-state index in [-0.39, 0.29) is 0 Å². The van der Waals surface area contributed by atoms with E-state index >= 15 is 0 Å². The van der Waals surface area contributed by atoms with Gasteiger partial charge in [-0.25, -0.2) is 4.98 Å². The molecule has 0 aliphatic heterocycles. The zero-order valence-corrected chi connectivity index (χ0v) is 14.1. The SMILES string of the molecule is CSc1ccc(Oc2nc(C)nc3sc(C)c(C)c23)cc1. The number of ether oxygens (including phenoxy) is 1. The zero-order chi connectivity index (χ0) is 15.0. The summed E-state index contributed by atoms with van der Waals surface area (Å²) in [5.41, 5.74) is 1.20. The highest BCUT2D eigenvalue weighted by molar-refractivity contribution is 7.98.